The first-order valence-electron chi connectivity index (χ1n) is 22.4. The zero-order valence-electron chi connectivity index (χ0n) is 34.3. The van der Waals surface area contributed by atoms with Crippen LogP contribution >= 0.6 is 11.3 Å². The van der Waals surface area contributed by atoms with Gasteiger partial charge in [-0.05, 0) is 160 Å². The predicted molar refractivity (Wildman–Crippen MR) is 262 cm³/mol. The predicted octanol–water partition coefficient (Wildman–Crippen LogP) is 13.6. The second-order valence-corrected chi connectivity index (χ2v) is 18.7. The molecule has 3 nitrogen and oxygen atoms in total. The van der Waals surface area contributed by atoms with E-state index in [2.05, 4.69) is 156 Å². The molecule has 0 spiro atoms. The number of fused-ring (bicyclic) bond motifs is 11. The van der Waals surface area contributed by atoms with Crippen LogP contribution in [0.25, 0.3) is 105 Å². The minimum absolute atomic E-state index is 0.737. The van der Waals surface area contributed by atoms with Gasteiger partial charge in [0, 0.05) is 36.5 Å². The van der Waals surface area contributed by atoms with Gasteiger partial charge in [-0.2, -0.15) is 0 Å². The molecule has 0 amide bonds. The van der Waals surface area contributed by atoms with E-state index < -0.39 is 0 Å². The topological polar surface area (TPSA) is 30.7 Å². The van der Waals surface area contributed by atoms with Crippen molar-refractivity contribution in [3.05, 3.63) is 183 Å². The van der Waals surface area contributed by atoms with E-state index >= 15 is 0 Å². The molecule has 9 aromatic rings. The van der Waals surface area contributed by atoms with Gasteiger partial charge < -0.3 is 0 Å². The van der Waals surface area contributed by atoms with E-state index in [0.29, 0.717) is 0 Å². The quantitative estimate of drug-likeness (QED) is 0.177. The number of benzene rings is 6. The lowest BCUT2D eigenvalue weighted by atomic mass is 9.88. The van der Waals surface area contributed by atoms with E-state index in [9.17, 15) is 0 Å². The Morgan fingerprint density at radius 1 is 0.565 bits per heavy atom. The summed E-state index contributed by atoms with van der Waals surface area (Å²) in [6, 6.07) is 43.5. The molecule has 14 rings (SSSR count). The van der Waals surface area contributed by atoms with Gasteiger partial charge in [0.25, 0.3) is 0 Å². The summed E-state index contributed by atoms with van der Waals surface area (Å²) < 4.78 is 3.68. The summed E-state index contributed by atoms with van der Waals surface area (Å²) >= 11 is 1.97. The average molecular weight is 812 g/mol. The van der Waals surface area contributed by atoms with Crippen LogP contribution in [0.5, 0.6) is 0 Å². The van der Waals surface area contributed by atoms with Crippen LogP contribution in [0.3, 0.4) is 0 Å². The van der Waals surface area contributed by atoms with Gasteiger partial charge in [-0.15, -0.1) is 11.3 Å². The van der Waals surface area contributed by atoms with Crippen molar-refractivity contribution in [2.75, 3.05) is 0 Å². The standard InChI is InChI=1S/C58H41N3S/c1-2-14-40-34(11-1)24-30-54-56(40)49-33-36(25-29-53(49)62-54)35-23-28-52-48(32-35)43-17-6-8-22-51(43)61(52)58-59-50-21-7-5-18-47(50)57(60-58)38-13-9-12-37(31-38)39-26-27-46-42-16-4-3-15-41(42)45-20-10-19-44(39)55(45)46/h1-3,6,8,10-12,14-15,17-23,25-29,31-33H,4-5,7,9,13,16,24,30H2. The Morgan fingerprint density at radius 2 is 1.39 bits per heavy atom. The Morgan fingerprint density at radius 3 is 2.37 bits per heavy atom. The molecule has 3 aromatic heterocycles. The number of para-hydroxylation sites is 1. The first-order valence-corrected chi connectivity index (χ1v) is 23.2. The molecular weight excluding hydrogens is 771 g/mol. The monoisotopic (exact) mass is 811 g/mol. The molecule has 0 unspecified atom stereocenters. The molecule has 3 heterocycles. The van der Waals surface area contributed by atoms with E-state index in [-0.39, 0.29) is 0 Å². The van der Waals surface area contributed by atoms with Crippen molar-refractivity contribution >= 4 is 88.4 Å². The molecule has 5 aliphatic carbocycles. The van der Waals surface area contributed by atoms with E-state index in [0.717, 1.165) is 79.4 Å². The Balaban J connectivity index is 0.903. The number of rotatable bonds is 4. The summed E-state index contributed by atoms with van der Waals surface area (Å²) in [6.45, 7) is 0. The zero-order valence-corrected chi connectivity index (χ0v) is 35.2. The van der Waals surface area contributed by atoms with Crippen LogP contribution in [0.2, 0.25) is 0 Å². The molecule has 0 saturated carbocycles. The third-order valence-corrected chi connectivity index (χ3v) is 15.5. The fraction of sp³-hybridized carbons (Fsp3) is 0.138. The molecule has 0 bridgehead atoms. The van der Waals surface area contributed by atoms with E-state index in [1.807, 2.05) is 11.3 Å². The van der Waals surface area contributed by atoms with Crippen molar-refractivity contribution in [2.45, 2.75) is 51.4 Å². The fourth-order valence-electron chi connectivity index (χ4n) is 11.4. The van der Waals surface area contributed by atoms with E-state index in [4.69, 9.17) is 9.97 Å². The lowest BCUT2D eigenvalue weighted by Crippen LogP contribution is -2.36. The van der Waals surface area contributed by atoms with Crippen molar-refractivity contribution < 1.29 is 0 Å². The van der Waals surface area contributed by atoms with Gasteiger partial charge in [-0.25, -0.2) is 9.97 Å². The van der Waals surface area contributed by atoms with Gasteiger partial charge in [0.15, 0.2) is 0 Å². The van der Waals surface area contributed by atoms with Gasteiger partial charge in [-0.3, -0.25) is 4.57 Å². The van der Waals surface area contributed by atoms with Gasteiger partial charge in [0.05, 0.1) is 22.1 Å². The summed E-state index contributed by atoms with van der Waals surface area (Å²) in [4.78, 5) is 12.5. The smallest absolute Gasteiger partial charge is 0.235 e. The van der Waals surface area contributed by atoms with Gasteiger partial charge >= 0.3 is 0 Å². The van der Waals surface area contributed by atoms with Crippen molar-refractivity contribution in [1.82, 2.24) is 14.5 Å². The molecule has 0 fully saturated rings. The third kappa shape index (κ3) is 5.05. The molecule has 0 saturated heterocycles. The molecule has 0 atom stereocenters. The molecule has 6 aromatic carbocycles. The summed E-state index contributed by atoms with van der Waals surface area (Å²) in [5.41, 5.74) is 19.7. The maximum absolute atomic E-state index is 5.59. The third-order valence-electron chi connectivity index (χ3n) is 14.2. The number of hydrogen-bond acceptors (Lipinski definition) is 3. The molecule has 294 valence electrons. The second kappa shape index (κ2) is 13.3. The van der Waals surface area contributed by atoms with Crippen LogP contribution in [-0.4, -0.2) is 14.5 Å². The number of nitrogens with zero attached hydrogens (tertiary/aromatic N) is 3. The number of allylic oxidation sites excluding steroid dienone is 8. The summed E-state index contributed by atoms with van der Waals surface area (Å²) in [6.07, 6.45) is 22.6. The van der Waals surface area contributed by atoms with Crippen LogP contribution < -0.4 is 10.6 Å². The minimum atomic E-state index is 0.737. The highest BCUT2D eigenvalue weighted by Gasteiger charge is 2.27. The molecule has 0 aliphatic heterocycles. The second-order valence-electron chi connectivity index (χ2n) is 17.6. The van der Waals surface area contributed by atoms with Crippen LogP contribution in [0, 0.1) is 0 Å². The molecule has 4 heteroatoms. The lowest BCUT2D eigenvalue weighted by molar-refractivity contribution is 0.922. The van der Waals surface area contributed by atoms with Crippen molar-refractivity contribution in [2.24, 2.45) is 0 Å². The first kappa shape index (κ1) is 34.8. The normalized spacial score (nSPS) is 16.2. The maximum Gasteiger partial charge on any atom is 0.235 e. The number of aromatic nitrogens is 3. The summed E-state index contributed by atoms with van der Waals surface area (Å²) in [7, 11) is 0. The Kier molecular flexibility index (Phi) is 7.47. The SMILES string of the molecule is C1=CC2=C(CC1)c1ccc(C3=CCCC(c4nc(-n5c6ccccc6c6cc(-c7ccc8sc9c(c8c7)-c7ccccc7CC9)ccc65)nc5c4=CCCC=5)=C3)c3cccc2c13. The number of hydrogen-bond donors (Lipinski definition) is 0. The molecule has 0 radical (unpaired) electrons. The van der Waals surface area contributed by atoms with Crippen molar-refractivity contribution in [1.29, 1.82) is 0 Å². The van der Waals surface area contributed by atoms with Gasteiger partial charge in [0.1, 0.15) is 0 Å². The lowest BCUT2D eigenvalue weighted by Gasteiger charge is -2.18. The molecule has 62 heavy (non-hydrogen) atoms. The first-order chi connectivity index (χ1) is 30.7. The average Bonchev–Trinajstić information content (AvgIpc) is 3.99. The van der Waals surface area contributed by atoms with Crippen molar-refractivity contribution in [3.63, 3.8) is 0 Å². The largest absolute Gasteiger partial charge is 0.278 e. The van der Waals surface area contributed by atoms with E-state index in [1.54, 1.807) is 0 Å². The molecule has 0 N–H and O–H groups in total. The summed E-state index contributed by atoms with van der Waals surface area (Å²) in [5, 5.41) is 8.78. The molecular formula is C58H41N3S. The molecule has 5 aliphatic rings. The van der Waals surface area contributed by atoms with Crippen molar-refractivity contribution in [3.8, 4) is 28.2 Å². The Labute approximate surface area is 363 Å². The van der Waals surface area contributed by atoms with Gasteiger partial charge in [-0.1, -0.05) is 115 Å². The maximum atomic E-state index is 5.59. The van der Waals surface area contributed by atoms with Crippen LogP contribution in [0.4, 0.5) is 0 Å². The zero-order chi connectivity index (χ0) is 40.5. The van der Waals surface area contributed by atoms with Crippen LogP contribution in [0.1, 0.15) is 71.3 Å². The minimum Gasteiger partial charge on any atom is -0.278 e. The van der Waals surface area contributed by atoms with E-state index in [1.165, 1.54) is 109 Å². The van der Waals surface area contributed by atoms with Crippen LogP contribution in [0.15, 0.2) is 140 Å². The number of thiophene rings is 1. The fourth-order valence-corrected chi connectivity index (χ4v) is 12.6. The Bertz CT molecular complexity index is 3750. The summed E-state index contributed by atoms with van der Waals surface area (Å²) in [5.74, 6) is 0.737. The highest BCUT2D eigenvalue weighted by atomic mass is 32.1. The highest BCUT2D eigenvalue weighted by molar-refractivity contribution is 7.19. The van der Waals surface area contributed by atoms with Gasteiger partial charge in [0.2, 0.25) is 5.95 Å². The highest BCUT2D eigenvalue weighted by Crippen LogP contribution is 2.49. The number of aryl methyl sites for hydroxylation is 2. The Hall–Kier alpha value is -6.88. The van der Waals surface area contributed by atoms with Crippen LogP contribution in [-0.2, 0) is 12.8 Å².